The zero-order chi connectivity index (χ0) is 29.5. The smallest absolute Gasteiger partial charge is 0.378 e. The number of halogens is 3. The molecule has 0 saturated carbocycles. The third kappa shape index (κ3) is 7.76. The number of anilines is 1. The Morgan fingerprint density at radius 1 is 1.07 bits per heavy atom. The maximum Gasteiger partial charge on any atom is 0.483 e. The number of ketones is 1. The van der Waals surface area contributed by atoms with Crippen molar-refractivity contribution in [1.29, 1.82) is 0 Å². The van der Waals surface area contributed by atoms with Crippen LogP contribution < -0.4 is 4.90 Å². The number of benzene rings is 2. The zero-order valence-electron chi connectivity index (χ0n) is 23.0. The predicted octanol–water partition coefficient (Wildman–Crippen LogP) is 5.87. The normalized spacial score (nSPS) is 16.3. The fourth-order valence-corrected chi connectivity index (χ4v) is 6.00. The van der Waals surface area contributed by atoms with Crippen molar-refractivity contribution >= 4 is 46.3 Å². The largest absolute Gasteiger partial charge is 0.483 e. The molecule has 5 rings (SSSR count). The molecule has 2 aliphatic rings. The molecule has 11 heteroatoms. The number of ether oxygens (including phenoxy) is 1. The Morgan fingerprint density at radius 3 is 2.32 bits per heavy atom. The monoisotopic (exact) mass is 678 g/mol. The number of aromatic nitrogens is 2. The van der Waals surface area contributed by atoms with E-state index in [1.807, 2.05) is 35.2 Å². The minimum atomic E-state index is -2.83. The van der Waals surface area contributed by atoms with Crippen LogP contribution in [-0.2, 0) is 26.8 Å². The number of morpholine rings is 1. The van der Waals surface area contributed by atoms with Gasteiger partial charge in [-0.2, -0.15) is 5.10 Å². The van der Waals surface area contributed by atoms with Gasteiger partial charge < -0.3 is 14.5 Å². The topological polar surface area (TPSA) is 95.6 Å². The number of aromatic amines is 1. The van der Waals surface area contributed by atoms with Crippen LogP contribution in [0.5, 0.6) is 0 Å². The van der Waals surface area contributed by atoms with Crippen LogP contribution in [0.1, 0.15) is 47.3 Å². The van der Waals surface area contributed by atoms with Crippen molar-refractivity contribution in [2.45, 2.75) is 49.6 Å². The summed E-state index contributed by atoms with van der Waals surface area (Å²) < 4.78 is 25.8. The van der Waals surface area contributed by atoms with Gasteiger partial charge in [0.25, 0.3) is 0 Å². The van der Waals surface area contributed by atoms with Crippen LogP contribution in [0.2, 0.25) is 0 Å². The second kappa shape index (κ2) is 14.1. The predicted molar refractivity (Wildman–Crippen MR) is 161 cm³/mol. The number of amides is 1. The Hall–Kier alpha value is -3.19. The van der Waals surface area contributed by atoms with Gasteiger partial charge in [-0.05, 0) is 55.2 Å². The number of carbonyl (C=O) groups excluding carboxylic acids is 3. The lowest BCUT2D eigenvalue weighted by atomic mass is 9.95. The quantitative estimate of drug-likeness (QED) is 0.139. The number of alkyl halides is 1. The van der Waals surface area contributed by atoms with Crippen LogP contribution in [0.3, 0.4) is 0 Å². The summed E-state index contributed by atoms with van der Waals surface area (Å²) in [5.74, 6) is 0.260. The third-order valence-electron chi connectivity index (χ3n) is 7.28. The summed E-state index contributed by atoms with van der Waals surface area (Å²) in [6.45, 7) is 6.82. The van der Waals surface area contributed by atoms with E-state index in [9.17, 15) is 18.4 Å². The molecule has 1 fully saturated rings. The molecule has 0 radical (unpaired) electrons. The van der Waals surface area contributed by atoms with E-state index in [4.69, 9.17) is 9.53 Å². The number of nitrogens with zero attached hydrogens (tertiary/aromatic N) is 3. The summed E-state index contributed by atoms with van der Waals surface area (Å²) in [6, 6.07) is 14.5. The fourth-order valence-electron chi connectivity index (χ4n) is 5.49. The molecular formula is C30H33F2IN4O4. The molecule has 2 aromatic carbocycles. The molecule has 1 aromatic heterocycles. The second-order valence-corrected chi connectivity index (χ2v) is 11.1. The highest BCUT2D eigenvalue weighted by molar-refractivity contribution is 14.1. The number of H-pyrrole nitrogens is 1. The van der Waals surface area contributed by atoms with Gasteiger partial charge in [0.15, 0.2) is 5.78 Å². The molecule has 1 saturated heterocycles. The van der Waals surface area contributed by atoms with Crippen molar-refractivity contribution in [3.8, 4) is 11.3 Å². The summed E-state index contributed by atoms with van der Waals surface area (Å²) in [6.07, 6.45) is 0.437. The van der Waals surface area contributed by atoms with Crippen molar-refractivity contribution in [3.05, 3.63) is 70.9 Å². The molecule has 0 bridgehead atoms. The van der Waals surface area contributed by atoms with Crippen LogP contribution in [0, 0.1) is 0 Å². The number of carbonyl (C=O) groups is 3. The summed E-state index contributed by atoms with van der Waals surface area (Å²) in [5.41, 5.74) is 7.02. The first kappa shape index (κ1) is 30.8. The van der Waals surface area contributed by atoms with Gasteiger partial charge in [0.05, 0.1) is 18.9 Å². The van der Waals surface area contributed by atoms with Gasteiger partial charge in [-0.1, -0.05) is 46.9 Å². The summed E-state index contributed by atoms with van der Waals surface area (Å²) in [7, 11) is 0. The Morgan fingerprint density at radius 2 is 1.73 bits per heavy atom. The Bertz CT molecular complexity index is 1360. The highest BCUT2D eigenvalue weighted by atomic mass is 127. The first-order valence-electron chi connectivity index (χ1n) is 13.5. The van der Waals surface area contributed by atoms with Crippen molar-refractivity contribution in [2.75, 3.05) is 31.2 Å². The molecule has 3 heterocycles. The van der Waals surface area contributed by atoms with E-state index in [-0.39, 0.29) is 23.8 Å². The van der Waals surface area contributed by atoms with E-state index < -0.39 is 6.29 Å². The van der Waals surface area contributed by atoms with Gasteiger partial charge in [0, 0.05) is 65.5 Å². The number of rotatable bonds is 8. The average Bonchev–Trinajstić information content (AvgIpc) is 3.61. The third-order valence-corrected chi connectivity index (χ3v) is 8.16. The molecule has 41 heavy (non-hydrogen) atoms. The van der Waals surface area contributed by atoms with Gasteiger partial charge >= 0.3 is 6.29 Å². The molecule has 1 unspecified atom stereocenters. The summed E-state index contributed by atoms with van der Waals surface area (Å²) in [5, 5.41) is 7.28. The van der Waals surface area contributed by atoms with Crippen LogP contribution in [0.4, 0.5) is 19.3 Å². The van der Waals surface area contributed by atoms with Gasteiger partial charge in [0.2, 0.25) is 5.91 Å². The van der Waals surface area contributed by atoms with E-state index in [1.165, 1.54) is 5.56 Å². The van der Waals surface area contributed by atoms with E-state index in [0.717, 1.165) is 38.9 Å². The lowest BCUT2D eigenvalue weighted by molar-refractivity contribution is -0.135. The number of Topliss-reactive ketones (excluding diaryl/α,β-unsaturated/α-hetero) is 1. The van der Waals surface area contributed by atoms with Crippen LogP contribution in [0.25, 0.3) is 11.3 Å². The van der Waals surface area contributed by atoms with Crippen LogP contribution in [-0.4, -0.2) is 71.5 Å². The second-order valence-electron chi connectivity index (χ2n) is 10.3. The molecule has 1 amide bonds. The highest BCUT2D eigenvalue weighted by Crippen LogP contribution is 2.43. The van der Waals surface area contributed by atoms with E-state index in [0.29, 0.717) is 44.7 Å². The number of nitrogens with one attached hydrogen (secondary N) is 1. The molecule has 1 N–H and O–H groups in total. The van der Waals surface area contributed by atoms with Gasteiger partial charge in [-0.15, -0.1) is 8.78 Å². The van der Waals surface area contributed by atoms with Crippen molar-refractivity contribution in [3.63, 3.8) is 0 Å². The molecule has 2 aliphatic heterocycles. The average molecular weight is 679 g/mol. The molecule has 8 nitrogen and oxygen atoms in total. The van der Waals surface area contributed by atoms with E-state index >= 15 is 0 Å². The maximum atomic E-state index is 13.5. The molecule has 218 valence electrons. The Labute approximate surface area is 251 Å². The summed E-state index contributed by atoms with van der Waals surface area (Å²) >= 11 is 2.34. The Balaban J connectivity index is 0.000000909. The van der Waals surface area contributed by atoms with E-state index in [2.05, 4.69) is 63.7 Å². The van der Waals surface area contributed by atoms with Crippen molar-refractivity contribution < 1.29 is 27.9 Å². The maximum absolute atomic E-state index is 13.5. The first-order chi connectivity index (χ1) is 19.7. The van der Waals surface area contributed by atoms with Crippen molar-refractivity contribution in [2.24, 2.45) is 0 Å². The van der Waals surface area contributed by atoms with Gasteiger partial charge in [0.1, 0.15) is 0 Å². The molecule has 3 aromatic rings. The minimum absolute atomic E-state index is 0.0400. The molecule has 1 atom stereocenters. The van der Waals surface area contributed by atoms with Crippen LogP contribution in [0.15, 0.2) is 48.7 Å². The van der Waals surface area contributed by atoms with E-state index in [1.54, 1.807) is 6.20 Å². The van der Waals surface area contributed by atoms with Crippen LogP contribution >= 0.6 is 22.6 Å². The Kier molecular flexibility index (Phi) is 10.6. The van der Waals surface area contributed by atoms with Gasteiger partial charge in [-0.3, -0.25) is 14.7 Å². The lowest BCUT2D eigenvalue weighted by Gasteiger charge is -2.34. The number of hydrogen-bond donors (Lipinski definition) is 1. The van der Waals surface area contributed by atoms with Crippen molar-refractivity contribution in [1.82, 2.24) is 15.1 Å². The summed E-state index contributed by atoms with van der Waals surface area (Å²) in [4.78, 5) is 39.0. The highest BCUT2D eigenvalue weighted by Gasteiger charge is 2.36. The lowest BCUT2D eigenvalue weighted by Crippen LogP contribution is -2.45. The molecule has 0 aliphatic carbocycles. The first-order valence-corrected chi connectivity index (χ1v) is 15.0. The number of hydrogen-bond acceptors (Lipinski definition) is 6. The fraction of sp³-hybridized carbons (Fsp3) is 0.400. The minimum Gasteiger partial charge on any atom is -0.378 e. The molecule has 0 spiro atoms. The zero-order valence-corrected chi connectivity index (χ0v) is 25.2. The van der Waals surface area contributed by atoms with Gasteiger partial charge in [-0.25, -0.2) is 4.79 Å². The molecular weight excluding hydrogens is 645 g/mol. The SMILES string of the molecule is CC(C)N1c2c(cc(C(=O)Cc3ccc(CI)cc3)cc2-c2ccn[nH]2)CC1CC(=O)N1CCOCC1.O=C(F)F. The standard InChI is InChI=1S/C29H33IN4O3.CF2O/c1-19(2)34-24(17-28(36)33-9-11-37-12-10-33)15-23-14-22(16-25(29(23)34)26-7-8-31-32-26)27(35)13-20-3-5-21(18-30)6-4-20;2-1(3)4/h3-8,14,16,19,24H,9-13,15,17-18H2,1-2H3,(H,31,32);. The number of fused-ring (bicyclic) bond motifs is 1.